The standard InChI is InChI=1S/C9H15NO/c11-10-8-4-2-6-9(10)5-1-3-7(8)9/h7-8,11H,1-6H2/p+1. The summed E-state index contributed by atoms with van der Waals surface area (Å²) in [6.45, 7) is 0. The van der Waals surface area contributed by atoms with Gasteiger partial charge in [0.15, 0.2) is 0 Å². The van der Waals surface area contributed by atoms with Gasteiger partial charge >= 0.3 is 0 Å². The molecule has 3 atom stereocenters. The van der Waals surface area contributed by atoms with Crippen LogP contribution in [0.4, 0.5) is 0 Å². The van der Waals surface area contributed by atoms with Crippen molar-refractivity contribution in [3.63, 3.8) is 0 Å². The minimum atomic E-state index is 0.392. The number of piperidine rings is 1. The summed E-state index contributed by atoms with van der Waals surface area (Å²) < 4.78 is 0. The van der Waals surface area contributed by atoms with E-state index in [4.69, 9.17) is 5.21 Å². The molecule has 0 aromatic heterocycles. The molecule has 0 amide bonds. The summed E-state index contributed by atoms with van der Waals surface area (Å²) in [6.07, 6.45) is 8.12. The van der Waals surface area contributed by atoms with Crippen molar-refractivity contribution in [1.82, 2.24) is 5.06 Å². The molecule has 3 unspecified atom stereocenters. The summed E-state index contributed by atoms with van der Waals surface area (Å²) in [6, 6.07) is 0.659. The molecule has 3 rings (SSSR count). The Kier molecular flexibility index (Phi) is 1.06. The number of nitrogens with zero attached hydrogens (tertiary/aromatic N) is 1. The average Bonchev–Trinajstić information content (AvgIpc) is 2.43. The first kappa shape index (κ1) is 6.44. The Bertz CT molecular complexity index is 194. The maximum Gasteiger partial charge on any atom is 0.0933 e. The van der Waals surface area contributed by atoms with E-state index in [2.05, 4.69) is 0 Å². The number of hydrogen-bond acceptors (Lipinski definition) is 1. The molecule has 2 aliphatic heterocycles. The van der Waals surface area contributed by atoms with Gasteiger partial charge in [-0.25, -0.2) is 0 Å². The third-order valence-corrected chi connectivity index (χ3v) is 4.20. The summed E-state index contributed by atoms with van der Waals surface area (Å²) in [5.74, 6) is 0.925. The minimum Gasteiger partial charge on any atom is -0.338 e. The highest BCUT2D eigenvalue weighted by Gasteiger charge is 2.67. The minimum absolute atomic E-state index is 0.392. The second-order valence-corrected chi connectivity index (χ2v) is 4.43. The first-order valence-corrected chi connectivity index (χ1v) is 4.85. The molecule has 2 heterocycles. The maximum atomic E-state index is 7.88. The second-order valence-electron chi connectivity index (χ2n) is 4.43. The number of hydroxylamine groups is 2. The van der Waals surface area contributed by atoms with Crippen LogP contribution in [-0.2, 0) is 0 Å². The van der Waals surface area contributed by atoms with E-state index in [0.717, 1.165) is 5.92 Å². The van der Waals surface area contributed by atoms with Gasteiger partial charge in [0, 0.05) is 5.92 Å². The van der Waals surface area contributed by atoms with E-state index in [9.17, 15) is 0 Å². The quantitative estimate of drug-likeness (QED) is 0.479. The van der Waals surface area contributed by atoms with Gasteiger partial charge in [-0.2, -0.15) is 0 Å². The maximum absolute atomic E-state index is 7.88. The van der Waals surface area contributed by atoms with Gasteiger partial charge in [-0.05, 0) is 32.1 Å². The highest BCUT2D eigenvalue weighted by molar-refractivity contribution is 5.15. The largest absolute Gasteiger partial charge is 0.338 e. The van der Waals surface area contributed by atoms with Crippen LogP contribution in [0.2, 0.25) is 0 Å². The van der Waals surface area contributed by atoms with Crippen molar-refractivity contribution in [1.29, 1.82) is 0 Å². The van der Waals surface area contributed by atoms with Crippen LogP contribution < -0.4 is 0 Å². The van der Waals surface area contributed by atoms with Crippen LogP contribution in [0.5, 0.6) is 0 Å². The van der Waals surface area contributed by atoms with Crippen molar-refractivity contribution in [3.8, 4) is 0 Å². The molecule has 1 saturated carbocycles. The normalized spacial score (nSPS) is 55.4. The average molecular weight is 154 g/mol. The summed E-state index contributed by atoms with van der Waals surface area (Å²) in [5, 5.41) is 9.82. The molecule has 1 aliphatic carbocycles. The predicted octanol–water partition coefficient (Wildman–Crippen LogP) is 1.03. The van der Waals surface area contributed by atoms with Crippen molar-refractivity contribution < 1.29 is 5.21 Å². The SMILES string of the molecule is [OH2+]N1C2CCCC13CCCC23. The Morgan fingerprint density at radius 3 is 2.55 bits per heavy atom. The Labute approximate surface area is 67.1 Å². The summed E-state index contributed by atoms with van der Waals surface area (Å²) >= 11 is 0. The second kappa shape index (κ2) is 1.80. The zero-order valence-corrected chi connectivity index (χ0v) is 6.84. The topological polar surface area (TPSA) is 26.1 Å². The van der Waals surface area contributed by atoms with E-state index in [1.807, 2.05) is 5.06 Å². The molecule has 3 aliphatic rings. The fraction of sp³-hybridized carbons (Fsp3) is 1.00. The first-order chi connectivity index (χ1) is 5.34. The molecule has 0 aromatic carbocycles. The van der Waals surface area contributed by atoms with Crippen LogP contribution in [0.25, 0.3) is 0 Å². The predicted molar refractivity (Wildman–Crippen MR) is 43.2 cm³/mol. The van der Waals surface area contributed by atoms with Gasteiger partial charge in [0.2, 0.25) is 0 Å². The van der Waals surface area contributed by atoms with Gasteiger partial charge in [-0.3, -0.25) is 0 Å². The third-order valence-electron chi connectivity index (χ3n) is 4.20. The Morgan fingerprint density at radius 1 is 1.18 bits per heavy atom. The molecular formula is C9H16NO+. The van der Waals surface area contributed by atoms with Crippen LogP contribution >= 0.6 is 0 Å². The molecule has 0 aromatic rings. The first-order valence-electron chi connectivity index (χ1n) is 4.85. The molecule has 2 nitrogen and oxygen atoms in total. The van der Waals surface area contributed by atoms with Crippen LogP contribution in [0.15, 0.2) is 0 Å². The molecule has 0 radical (unpaired) electrons. The van der Waals surface area contributed by atoms with E-state index in [0.29, 0.717) is 11.6 Å². The van der Waals surface area contributed by atoms with E-state index in [1.165, 1.54) is 38.5 Å². The lowest BCUT2D eigenvalue weighted by atomic mass is 9.63. The Morgan fingerprint density at radius 2 is 1.91 bits per heavy atom. The Hall–Kier alpha value is -0.0800. The molecule has 1 spiro atoms. The summed E-state index contributed by atoms with van der Waals surface area (Å²) in [7, 11) is 0. The molecule has 2 heteroatoms. The molecule has 2 N–H and O–H groups in total. The van der Waals surface area contributed by atoms with Crippen LogP contribution in [0, 0.1) is 5.92 Å². The van der Waals surface area contributed by atoms with Crippen LogP contribution in [0.1, 0.15) is 38.5 Å². The van der Waals surface area contributed by atoms with Crippen molar-refractivity contribution in [3.05, 3.63) is 0 Å². The fourth-order valence-electron chi connectivity index (χ4n) is 3.74. The van der Waals surface area contributed by atoms with E-state index in [1.54, 1.807) is 0 Å². The van der Waals surface area contributed by atoms with Crippen molar-refractivity contribution in [2.24, 2.45) is 5.92 Å². The smallest absolute Gasteiger partial charge is 0.0933 e. The Balaban J connectivity index is 1.96. The van der Waals surface area contributed by atoms with Gasteiger partial charge in [0.1, 0.15) is 0 Å². The van der Waals surface area contributed by atoms with Crippen LogP contribution in [0.3, 0.4) is 0 Å². The van der Waals surface area contributed by atoms with E-state index in [-0.39, 0.29) is 0 Å². The lowest BCUT2D eigenvalue weighted by molar-refractivity contribution is -0.320. The van der Waals surface area contributed by atoms with E-state index < -0.39 is 0 Å². The van der Waals surface area contributed by atoms with Gasteiger partial charge < -0.3 is 5.21 Å². The highest BCUT2D eigenvalue weighted by atomic mass is 16.5. The number of hydrogen-bond donors (Lipinski definition) is 0. The summed E-state index contributed by atoms with van der Waals surface area (Å²) in [4.78, 5) is 0. The van der Waals surface area contributed by atoms with Gasteiger partial charge in [0.05, 0.1) is 11.6 Å². The van der Waals surface area contributed by atoms with Gasteiger partial charge in [0.25, 0.3) is 0 Å². The lowest BCUT2D eigenvalue weighted by Crippen LogP contribution is -2.71. The number of fused-ring (bicyclic) bond motifs is 2. The van der Waals surface area contributed by atoms with Crippen molar-refractivity contribution in [2.45, 2.75) is 50.1 Å². The fourth-order valence-corrected chi connectivity index (χ4v) is 3.74. The zero-order chi connectivity index (χ0) is 7.47. The van der Waals surface area contributed by atoms with Crippen molar-refractivity contribution in [2.75, 3.05) is 0 Å². The summed E-state index contributed by atoms with van der Waals surface area (Å²) in [5.41, 5.74) is 0.392. The number of rotatable bonds is 0. The van der Waals surface area contributed by atoms with E-state index >= 15 is 0 Å². The highest BCUT2D eigenvalue weighted by Crippen LogP contribution is 2.58. The zero-order valence-electron chi connectivity index (χ0n) is 6.84. The molecule has 2 saturated heterocycles. The molecule has 62 valence electrons. The molecular weight excluding hydrogens is 138 g/mol. The van der Waals surface area contributed by atoms with Crippen LogP contribution in [-0.4, -0.2) is 21.9 Å². The molecule has 3 fully saturated rings. The lowest BCUT2D eigenvalue weighted by Gasteiger charge is -2.58. The molecule has 2 bridgehead atoms. The van der Waals surface area contributed by atoms with Gasteiger partial charge in [-0.15, -0.1) is 0 Å². The van der Waals surface area contributed by atoms with Crippen molar-refractivity contribution >= 4 is 0 Å². The monoisotopic (exact) mass is 154 g/mol. The van der Waals surface area contributed by atoms with Gasteiger partial charge in [-0.1, -0.05) is 11.5 Å². The molecule has 11 heavy (non-hydrogen) atoms. The third kappa shape index (κ3) is 0.541.